The van der Waals surface area contributed by atoms with Crippen molar-refractivity contribution in [2.45, 2.75) is 6.61 Å². The molecule has 0 aromatic heterocycles. The van der Waals surface area contributed by atoms with Gasteiger partial charge >= 0.3 is 0 Å². The van der Waals surface area contributed by atoms with Crippen LogP contribution in [0.4, 0.5) is 0 Å². The Balaban J connectivity index is 1.64. The van der Waals surface area contributed by atoms with E-state index in [1.54, 1.807) is 48.5 Å². The summed E-state index contributed by atoms with van der Waals surface area (Å²) in [5.41, 5.74) is 2.91. The highest BCUT2D eigenvalue weighted by molar-refractivity contribution is 6.08. The van der Waals surface area contributed by atoms with Crippen LogP contribution < -0.4 is 4.74 Å². The van der Waals surface area contributed by atoms with Crippen molar-refractivity contribution in [3.8, 4) is 5.75 Å². The smallest absolute Gasteiger partial charge is 0.193 e. The first-order chi connectivity index (χ1) is 11.8. The van der Waals surface area contributed by atoms with Crippen LogP contribution in [0, 0.1) is 0 Å². The zero-order valence-corrected chi connectivity index (χ0v) is 13.0. The van der Waals surface area contributed by atoms with Crippen LogP contribution in [0.3, 0.4) is 0 Å². The van der Waals surface area contributed by atoms with Crippen molar-refractivity contribution in [2.75, 3.05) is 0 Å². The Labute approximate surface area is 140 Å². The van der Waals surface area contributed by atoms with Gasteiger partial charge in [0.25, 0.3) is 0 Å². The van der Waals surface area contributed by atoms with Gasteiger partial charge in [-0.3, -0.25) is 9.59 Å². The van der Waals surface area contributed by atoms with Gasteiger partial charge in [-0.15, -0.1) is 0 Å². The molecule has 3 aromatic rings. The van der Waals surface area contributed by atoms with E-state index in [1.807, 2.05) is 30.3 Å². The second kappa shape index (κ2) is 7.38. The summed E-state index contributed by atoms with van der Waals surface area (Å²) in [5, 5.41) is 0. The van der Waals surface area contributed by atoms with Crippen molar-refractivity contribution in [3.05, 3.63) is 101 Å². The van der Waals surface area contributed by atoms with Crippen molar-refractivity contribution in [2.24, 2.45) is 0 Å². The third-order valence-electron chi connectivity index (χ3n) is 3.67. The molecule has 0 heterocycles. The van der Waals surface area contributed by atoms with E-state index in [1.165, 1.54) is 0 Å². The molecular formula is C21H16O3. The lowest BCUT2D eigenvalue weighted by Crippen LogP contribution is -2.01. The lowest BCUT2D eigenvalue weighted by molar-refractivity contribution is 0.103. The second-order valence-corrected chi connectivity index (χ2v) is 5.37. The molecule has 0 aliphatic carbocycles. The van der Waals surface area contributed by atoms with Gasteiger partial charge in [-0.05, 0) is 29.8 Å². The number of ether oxygens (including phenoxy) is 1. The predicted octanol–water partition coefficient (Wildman–Crippen LogP) is 4.31. The SMILES string of the molecule is O=Cc1ccc(COc2ccc(C(=O)c3ccccc3)cc2)cc1. The number of aldehydes is 1. The van der Waals surface area contributed by atoms with E-state index in [0.717, 1.165) is 11.8 Å². The quantitative estimate of drug-likeness (QED) is 0.503. The third kappa shape index (κ3) is 3.76. The van der Waals surface area contributed by atoms with Crippen molar-refractivity contribution in [3.63, 3.8) is 0 Å². The van der Waals surface area contributed by atoms with Crippen molar-refractivity contribution in [1.29, 1.82) is 0 Å². The summed E-state index contributed by atoms with van der Waals surface area (Å²) in [7, 11) is 0. The summed E-state index contributed by atoms with van der Waals surface area (Å²) in [6.07, 6.45) is 0.813. The van der Waals surface area contributed by atoms with E-state index in [-0.39, 0.29) is 5.78 Å². The minimum absolute atomic E-state index is 0.00778. The average Bonchev–Trinajstić information content (AvgIpc) is 2.67. The molecule has 0 saturated carbocycles. The fraction of sp³-hybridized carbons (Fsp3) is 0.0476. The molecule has 0 amide bonds. The molecule has 0 N–H and O–H groups in total. The second-order valence-electron chi connectivity index (χ2n) is 5.37. The van der Waals surface area contributed by atoms with Crippen LogP contribution in [0.2, 0.25) is 0 Å². The lowest BCUT2D eigenvalue weighted by Gasteiger charge is -2.07. The molecule has 3 aromatic carbocycles. The molecule has 0 fully saturated rings. The van der Waals surface area contributed by atoms with Crippen LogP contribution in [0.1, 0.15) is 31.8 Å². The van der Waals surface area contributed by atoms with Crippen LogP contribution in [0.15, 0.2) is 78.9 Å². The number of carbonyl (C=O) groups is 2. The predicted molar refractivity (Wildman–Crippen MR) is 92.5 cm³/mol. The Morgan fingerprint density at radius 3 is 2.04 bits per heavy atom. The molecule has 0 atom stereocenters. The van der Waals surface area contributed by atoms with E-state index < -0.39 is 0 Å². The summed E-state index contributed by atoms with van der Waals surface area (Å²) in [6.45, 7) is 0.408. The molecule has 118 valence electrons. The summed E-state index contributed by atoms with van der Waals surface area (Å²) in [5.74, 6) is 0.686. The van der Waals surface area contributed by atoms with Crippen LogP contribution in [-0.2, 0) is 6.61 Å². The van der Waals surface area contributed by atoms with Gasteiger partial charge in [0.1, 0.15) is 18.6 Å². The van der Waals surface area contributed by atoms with Crippen LogP contribution >= 0.6 is 0 Å². The number of benzene rings is 3. The summed E-state index contributed by atoms with van der Waals surface area (Å²) < 4.78 is 5.71. The molecule has 24 heavy (non-hydrogen) atoms. The van der Waals surface area contributed by atoms with E-state index in [9.17, 15) is 9.59 Å². The van der Waals surface area contributed by atoms with Gasteiger partial charge in [0.05, 0.1) is 0 Å². The Bertz CT molecular complexity index is 819. The molecular weight excluding hydrogens is 300 g/mol. The molecule has 0 aliphatic rings. The molecule has 0 aliphatic heterocycles. The molecule has 3 rings (SSSR count). The average molecular weight is 316 g/mol. The number of hydrogen-bond acceptors (Lipinski definition) is 3. The van der Waals surface area contributed by atoms with E-state index >= 15 is 0 Å². The monoisotopic (exact) mass is 316 g/mol. The number of hydrogen-bond donors (Lipinski definition) is 0. The summed E-state index contributed by atoms with van der Waals surface area (Å²) in [4.78, 5) is 23.0. The van der Waals surface area contributed by atoms with E-state index in [4.69, 9.17) is 4.74 Å². The Kier molecular flexibility index (Phi) is 4.82. The fourth-order valence-corrected chi connectivity index (χ4v) is 2.32. The number of rotatable bonds is 6. The maximum atomic E-state index is 12.3. The first kappa shape index (κ1) is 15.7. The summed E-state index contributed by atoms with van der Waals surface area (Å²) >= 11 is 0. The van der Waals surface area contributed by atoms with Crippen molar-refractivity contribution in [1.82, 2.24) is 0 Å². The highest BCUT2D eigenvalue weighted by Gasteiger charge is 2.08. The minimum atomic E-state index is -0.00778. The van der Waals surface area contributed by atoms with Gasteiger partial charge in [0, 0.05) is 16.7 Å². The van der Waals surface area contributed by atoms with Gasteiger partial charge in [-0.2, -0.15) is 0 Å². The lowest BCUT2D eigenvalue weighted by atomic mass is 10.0. The summed E-state index contributed by atoms with van der Waals surface area (Å²) in [6, 6.07) is 23.5. The van der Waals surface area contributed by atoms with Gasteiger partial charge in [-0.25, -0.2) is 0 Å². The van der Waals surface area contributed by atoms with Gasteiger partial charge < -0.3 is 4.74 Å². The first-order valence-corrected chi connectivity index (χ1v) is 7.63. The molecule has 3 heteroatoms. The number of ketones is 1. The largest absolute Gasteiger partial charge is 0.489 e. The van der Waals surface area contributed by atoms with Crippen LogP contribution in [0.25, 0.3) is 0 Å². The van der Waals surface area contributed by atoms with E-state index in [0.29, 0.717) is 29.0 Å². The van der Waals surface area contributed by atoms with Crippen LogP contribution in [-0.4, -0.2) is 12.1 Å². The molecule has 0 bridgehead atoms. The van der Waals surface area contributed by atoms with Crippen molar-refractivity contribution >= 4 is 12.1 Å². The minimum Gasteiger partial charge on any atom is -0.489 e. The Morgan fingerprint density at radius 2 is 1.42 bits per heavy atom. The van der Waals surface area contributed by atoms with E-state index in [2.05, 4.69) is 0 Å². The molecule has 0 radical (unpaired) electrons. The topological polar surface area (TPSA) is 43.4 Å². The van der Waals surface area contributed by atoms with Gasteiger partial charge in [0.2, 0.25) is 0 Å². The number of carbonyl (C=O) groups excluding carboxylic acids is 2. The standard InChI is InChI=1S/C21H16O3/c22-14-16-6-8-17(9-7-16)15-24-20-12-10-19(11-13-20)21(23)18-4-2-1-3-5-18/h1-14H,15H2. The first-order valence-electron chi connectivity index (χ1n) is 7.63. The zero-order chi connectivity index (χ0) is 16.8. The van der Waals surface area contributed by atoms with Crippen molar-refractivity contribution < 1.29 is 14.3 Å². The zero-order valence-electron chi connectivity index (χ0n) is 13.0. The van der Waals surface area contributed by atoms with Gasteiger partial charge in [-0.1, -0.05) is 54.6 Å². The molecule has 0 unspecified atom stereocenters. The maximum absolute atomic E-state index is 12.3. The highest BCUT2D eigenvalue weighted by atomic mass is 16.5. The van der Waals surface area contributed by atoms with Crippen LogP contribution in [0.5, 0.6) is 5.75 Å². The molecule has 0 saturated heterocycles. The Morgan fingerprint density at radius 1 is 0.792 bits per heavy atom. The normalized spacial score (nSPS) is 10.2. The van der Waals surface area contributed by atoms with Gasteiger partial charge in [0.15, 0.2) is 5.78 Å². The third-order valence-corrected chi connectivity index (χ3v) is 3.67. The Hall–Kier alpha value is -3.20. The maximum Gasteiger partial charge on any atom is 0.193 e. The highest BCUT2D eigenvalue weighted by Crippen LogP contribution is 2.17. The molecule has 3 nitrogen and oxygen atoms in total. The molecule has 0 spiro atoms. The fourth-order valence-electron chi connectivity index (χ4n) is 2.32.